The van der Waals surface area contributed by atoms with E-state index >= 15 is 0 Å². The molecule has 0 unspecified atom stereocenters. The maximum Gasteiger partial charge on any atom is 0.186 e. The minimum absolute atomic E-state index is 0.0269. The van der Waals surface area contributed by atoms with E-state index in [1.54, 1.807) is 18.2 Å². The Morgan fingerprint density at radius 1 is 1.47 bits per heavy atom. The fourth-order valence-electron chi connectivity index (χ4n) is 1.01. The fraction of sp³-hybridized carbons (Fsp3) is 0.182. The smallest absolute Gasteiger partial charge is 0.186 e. The van der Waals surface area contributed by atoms with Gasteiger partial charge >= 0.3 is 0 Å². The molecule has 0 saturated heterocycles. The zero-order chi connectivity index (χ0) is 11.3. The lowest BCUT2D eigenvalue weighted by molar-refractivity contribution is -0.109. The van der Waals surface area contributed by atoms with Crippen LogP contribution in [0.15, 0.2) is 24.3 Å². The quantitative estimate of drug-likeness (QED) is 0.827. The van der Waals surface area contributed by atoms with Crippen LogP contribution < -0.4 is 0 Å². The number of rotatable bonds is 3. The summed E-state index contributed by atoms with van der Waals surface area (Å²) < 4.78 is 0. The molecule has 1 aromatic rings. The van der Waals surface area contributed by atoms with Crippen molar-refractivity contribution in [1.29, 1.82) is 0 Å². The molecular formula is C11H12O3S. The summed E-state index contributed by atoms with van der Waals surface area (Å²) in [6.07, 6.45) is 3.50. The Hall–Kier alpha value is -1.42. The number of hydrogen-bond donors (Lipinski definition) is 2. The normalized spacial score (nSPS) is 10.7. The second-order valence-electron chi connectivity index (χ2n) is 2.95. The van der Waals surface area contributed by atoms with Gasteiger partial charge in [-0.1, -0.05) is 23.9 Å². The SMILES string of the molecule is CC(=O)SCC=Cc1ccc(O)cc1O. The number of carbonyl (C=O) groups is 1. The predicted octanol–water partition coefficient (Wildman–Crippen LogP) is 2.39. The third kappa shape index (κ3) is 4.08. The highest BCUT2D eigenvalue weighted by atomic mass is 32.2. The number of carbonyl (C=O) groups excluding carboxylic acids is 1. The molecule has 0 saturated carbocycles. The average Bonchev–Trinajstić information content (AvgIpc) is 2.14. The number of thioether (sulfide) groups is 1. The topological polar surface area (TPSA) is 57.5 Å². The van der Waals surface area contributed by atoms with Crippen LogP contribution in [0.3, 0.4) is 0 Å². The van der Waals surface area contributed by atoms with Crippen LogP contribution in [0.25, 0.3) is 6.08 Å². The highest BCUT2D eigenvalue weighted by Crippen LogP contribution is 2.23. The van der Waals surface area contributed by atoms with Gasteiger partial charge in [-0.2, -0.15) is 0 Å². The molecule has 0 amide bonds. The molecule has 1 rings (SSSR count). The van der Waals surface area contributed by atoms with Crippen molar-refractivity contribution in [3.63, 3.8) is 0 Å². The van der Waals surface area contributed by atoms with Crippen LogP contribution in [0.1, 0.15) is 12.5 Å². The predicted molar refractivity (Wildman–Crippen MR) is 61.9 cm³/mol. The summed E-state index contributed by atoms with van der Waals surface area (Å²) in [5.74, 6) is 0.636. The van der Waals surface area contributed by atoms with Gasteiger partial charge in [0.15, 0.2) is 5.12 Å². The summed E-state index contributed by atoms with van der Waals surface area (Å²) in [7, 11) is 0. The van der Waals surface area contributed by atoms with Crippen LogP contribution in [0.4, 0.5) is 0 Å². The molecule has 0 aliphatic rings. The molecule has 3 nitrogen and oxygen atoms in total. The Morgan fingerprint density at radius 3 is 2.80 bits per heavy atom. The lowest BCUT2D eigenvalue weighted by Crippen LogP contribution is -1.81. The van der Waals surface area contributed by atoms with Crippen LogP contribution >= 0.6 is 11.8 Å². The van der Waals surface area contributed by atoms with E-state index in [1.165, 1.54) is 30.8 Å². The Kier molecular flexibility index (Phi) is 4.24. The van der Waals surface area contributed by atoms with Gasteiger partial charge in [0.05, 0.1) is 0 Å². The summed E-state index contributed by atoms with van der Waals surface area (Å²) in [6, 6.07) is 4.38. The fourth-order valence-corrected chi connectivity index (χ4v) is 1.44. The first-order valence-electron chi connectivity index (χ1n) is 4.41. The lowest BCUT2D eigenvalue weighted by Gasteiger charge is -1.99. The summed E-state index contributed by atoms with van der Waals surface area (Å²) in [5, 5.41) is 18.5. The van der Waals surface area contributed by atoms with Gasteiger partial charge in [-0.3, -0.25) is 4.79 Å². The third-order valence-corrected chi connectivity index (χ3v) is 2.46. The van der Waals surface area contributed by atoms with Crippen molar-refractivity contribution in [2.75, 3.05) is 5.75 Å². The molecular weight excluding hydrogens is 212 g/mol. The molecule has 2 N–H and O–H groups in total. The largest absolute Gasteiger partial charge is 0.508 e. The Morgan fingerprint density at radius 2 is 2.20 bits per heavy atom. The molecule has 0 heterocycles. The van der Waals surface area contributed by atoms with E-state index in [0.29, 0.717) is 11.3 Å². The molecule has 0 atom stereocenters. The Balaban J connectivity index is 2.60. The van der Waals surface area contributed by atoms with Crippen molar-refractivity contribution in [2.45, 2.75) is 6.92 Å². The van der Waals surface area contributed by atoms with Gasteiger partial charge in [-0.05, 0) is 12.1 Å². The van der Waals surface area contributed by atoms with Gasteiger partial charge in [-0.25, -0.2) is 0 Å². The molecule has 0 bridgehead atoms. The standard InChI is InChI=1S/C11H12O3S/c1-8(12)15-6-2-3-9-4-5-10(13)7-11(9)14/h2-5,7,13-14H,6H2,1H3. The van der Waals surface area contributed by atoms with Crippen molar-refractivity contribution in [2.24, 2.45) is 0 Å². The highest BCUT2D eigenvalue weighted by molar-refractivity contribution is 8.13. The molecule has 0 spiro atoms. The summed E-state index contributed by atoms with van der Waals surface area (Å²) >= 11 is 1.20. The van der Waals surface area contributed by atoms with E-state index in [1.807, 2.05) is 0 Å². The second-order valence-corrected chi connectivity index (χ2v) is 4.14. The monoisotopic (exact) mass is 224 g/mol. The Labute approximate surface area is 92.4 Å². The summed E-state index contributed by atoms with van der Waals surface area (Å²) in [4.78, 5) is 10.6. The molecule has 0 aromatic heterocycles. The number of phenols is 2. The average molecular weight is 224 g/mol. The number of aromatic hydroxyl groups is 2. The van der Waals surface area contributed by atoms with Crippen LogP contribution in [-0.4, -0.2) is 21.1 Å². The first kappa shape index (κ1) is 11.7. The number of benzene rings is 1. The minimum Gasteiger partial charge on any atom is -0.508 e. The molecule has 15 heavy (non-hydrogen) atoms. The van der Waals surface area contributed by atoms with E-state index in [2.05, 4.69) is 0 Å². The van der Waals surface area contributed by atoms with Crippen LogP contribution in [0, 0.1) is 0 Å². The zero-order valence-corrected chi connectivity index (χ0v) is 9.12. The molecule has 0 aliphatic heterocycles. The number of phenolic OH excluding ortho intramolecular Hbond substituents is 2. The first-order chi connectivity index (χ1) is 7.09. The van der Waals surface area contributed by atoms with Crippen LogP contribution in [0.2, 0.25) is 0 Å². The third-order valence-electron chi connectivity index (χ3n) is 1.69. The van der Waals surface area contributed by atoms with Gasteiger partial charge < -0.3 is 10.2 Å². The number of hydrogen-bond acceptors (Lipinski definition) is 4. The highest BCUT2D eigenvalue weighted by Gasteiger charge is 1.97. The van der Waals surface area contributed by atoms with Crippen molar-refractivity contribution in [3.05, 3.63) is 29.8 Å². The maximum absolute atomic E-state index is 10.6. The first-order valence-corrected chi connectivity index (χ1v) is 5.40. The molecule has 0 radical (unpaired) electrons. The van der Waals surface area contributed by atoms with Gasteiger partial charge in [0, 0.05) is 24.3 Å². The molecule has 0 aliphatic carbocycles. The molecule has 80 valence electrons. The van der Waals surface area contributed by atoms with E-state index < -0.39 is 0 Å². The molecule has 4 heteroatoms. The zero-order valence-electron chi connectivity index (χ0n) is 8.30. The van der Waals surface area contributed by atoms with Gasteiger partial charge in [0.25, 0.3) is 0 Å². The summed E-state index contributed by atoms with van der Waals surface area (Å²) in [5.41, 5.74) is 0.622. The van der Waals surface area contributed by atoms with E-state index in [0.717, 1.165) is 0 Å². The molecule has 1 aromatic carbocycles. The van der Waals surface area contributed by atoms with E-state index in [9.17, 15) is 9.90 Å². The van der Waals surface area contributed by atoms with Gasteiger partial charge in [0.1, 0.15) is 11.5 Å². The van der Waals surface area contributed by atoms with Crippen LogP contribution in [-0.2, 0) is 4.79 Å². The molecule has 0 fully saturated rings. The van der Waals surface area contributed by atoms with Crippen molar-refractivity contribution in [3.8, 4) is 11.5 Å². The van der Waals surface area contributed by atoms with Gasteiger partial charge in [-0.15, -0.1) is 0 Å². The summed E-state index contributed by atoms with van der Waals surface area (Å²) in [6.45, 7) is 1.51. The van der Waals surface area contributed by atoms with E-state index in [4.69, 9.17) is 5.11 Å². The maximum atomic E-state index is 10.6. The van der Waals surface area contributed by atoms with E-state index in [-0.39, 0.29) is 16.6 Å². The second kappa shape index (κ2) is 5.46. The minimum atomic E-state index is 0.0269. The van der Waals surface area contributed by atoms with Crippen molar-refractivity contribution >= 4 is 23.0 Å². The van der Waals surface area contributed by atoms with Gasteiger partial charge in [0.2, 0.25) is 0 Å². The van der Waals surface area contributed by atoms with Crippen molar-refractivity contribution in [1.82, 2.24) is 0 Å². The van der Waals surface area contributed by atoms with Crippen molar-refractivity contribution < 1.29 is 15.0 Å². The Bertz CT molecular complexity index is 385. The lowest BCUT2D eigenvalue weighted by atomic mass is 10.2. The van der Waals surface area contributed by atoms with Crippen LogP contribution in [0.5, 0.6) is 11.5 Å².